The average Bonchev–Trinajstić information content (AvgIpc) is 2.87. The van der Waals surface area contributed by atoms with E-state index in [4.69, 9.17) is 0 Å². The van der Waals surface area contributed by atoms with Crippen LogP contribution in [0.25, 0.3) is 0 Å². The molecule has 1 atom stereocenters. The van der Waals surface area contributed by atoms with Gasteiger partial charge in [0.2, 0.25) is 0 Å². The molecule has 1 aromatic heterocycles. The summed E-state index contributed by atoms with van der Waals surface area (Å²) in [7, 11) is 0. The molecular weight excluding hydrogens is 440 g/mol. The smallest absolute Gasteiger partial charge is 0.313 e. The number of hydrogen-bond donors (Lipinski definition) is 2. The van der Waals surface area contributed by atoms with Crippen molar-refractivity contribution in [3.05, 3.63) is 90.3 Å². The fourth-order valence-corrected chi connectivity index (χ4v) is 3.99. The van der Waals surface area contributed by atoms with Crippen LogP contribution in [-0.4, -0.2) is 54.4 Å². The molecule has 0 bridgehead atoms. The number of para-hydroxylation sites is 1. The average molecular weight is 466 g/mol. The lowest BCUT2D eigenvalue weighted by atomic mass is 10.1. The van der Waals surface area contributed by atoms with Crippen LogP contribution in [0.15, 0.2) is 73.1 Å². The number of halogens is 2. The summed E-state index contributed by atoms with van der Waals surface area (Å²) in [5.74, 6) is -2.66. The molecule has 0 saturated carbocycles. The van der Waals surface area contributed by atoms with Gasteiger partial charge in [-0.2, -0.15) is 0 Å². The van der Waals surface area contributed by atoms with Gasteiger partial charge in [0.15, 0.2) is 0 Å². The molecule has 0 aliphatic carbocycles. The van der Waals surface area contributed by atoms with Gasteiger partial charge < -0.3 is 15.5 Å². The van der Waals surface area contributed by atoms with Gasteiger partial charge >= 0.3 is 11.8 Å². The molecule has 34 heavy (non-hydrogen) atoms. The molecule has 2 amide bonds. The van der Waals surface area contributed by atoms with E-state index in [2.05, 4.69) is 25.4 Å². The van der Waals surface area contributed by atoms with Crippen LogP contribution >= 0.6 is 0 Å². The fraction of sp³-hybridized carbons (Fsp3) is 0.240. The van der Waals surface area contributed by atoms with E-state index in [0.29, 0.717) is 13.1 Å². The molecule has 2 N–H and O–H groups in total. The fourth-order valence-electron chi connectivity index (χ4n) is 3.99. The number of nitrogens with one attached hydrogen (secondary N) is 2. The summed E-state index contributed by atoms with van der Waals surface area (Å²) in [6.45, 7) is 3.04. The molecular formula is C25H25F2N5O2. The summed E-state index contributed by atoms with van der Waals surface area (Å²) in [5.41, 5.74) is 1.81. The Morgan fingerprint density at radius 2 is 1.65 bits per heavy atom. The van der Waals surface area contributed by atoms with E-state index in [1.54, 1.807) is 30.6 Å². The van der Waals surface area contributed by atoms with Gasteiger partial charge in [0.1, 0.15) is 11.6 Å². The lowest BCUT2D eigenvalue weighted by Gasteiger charge is -2.40. The monoisotopic (exact) mass is 465 g/mol. The number of anilines is 2. The predicted octanol–water partition coefficient (Wildman–Crippen LogP) is 2.98. The lowest BCUT2D eigenvalue weighted by molar-refractivity contribution is -0.136. The molecule has 2 aromatic carbocycles. The Morgan fingerprint density at radius 3 is 2.32 bits per heavy atom. The number of amides is 2. The molecule has 9 heteroatoms. The topological polar surface area (TPSA) is 77.6 Å². The highest BCUT2D eigenvalue weighted by atomic mass is 19.1. The Labute approximate surface area is 196 Å². The highest BCUT2D eigenvalue weighted by Crippen LogP contribution is 2.24. The third-order valence-electron chi connectivity index (χ3n) is 5.80. The van der Waals surface area contributed by atoms with Crippen LogP contribution in [0.5, 0.6) is 0 Å². The van der Waals surface area contributed by atoms with Crippen LogP contribution in [0.1, 0.15) is 11.6 Å². The van der Waals surface area contributed by atoms with Crippen molar-refractivity contribution < 1.29 is 18.4 Å². The standard InChI is InChI=1S/C25H25F2N5O2/c26-19-7-9-20(10-8-19)31-12-14-32(15-13-31)23(18-4-3-11-28-16-18)17-29-24(33)25(34)30-22-6-2-1-5-21(22)27/h1-11,16,23H,12-15,17H2,(H,29,33)(H,30,34)/t23-/m0/s1. The second-order valence-electron chi connectivity index (χ2n) is 7.95. The van der Waals surface area contributed by atoms with Gasteiger partial charge in [-0.1, -0.05) is 18.2 Å². The van der Waals surface area contributed by atoms with Gasteiger partial charge in [0.05, 0.1) is 11.7 Å². The summed E-state index contributed by atoms with van der Waals surface area (Å²) in [6.07, 6.45) is 3.41. The molecule has 2 heterocycles. The van der Waals surface area contributed by atoms with Crippen molar-refractivity contribution in [2.75, 3.05) is 42.9 Å². The summed E-state index contributed by atoms with van der Waals surface area (Å²) >= 11 is 0. The molecule has 1 saturated heterocycles. The third-order valence-corrected chi connectivity index (χ3v) is 5.80. The van der Waals surface area contributed by atoms with Crippen molar-refractivity contribution in [3.63, 3.8) is 0 Å². The second-order valence-corrected chi connectivity index (χ2v) is 7.95. The molecule has 1 aliphatic rings. The van der Waals surface area contributed by atoms with E-state index < -0.39 is 17.6 Å². The number of carbonyl (C=O) groups excluding carboxylic acids is 2. The van der Waals surface area contributed by atoms with Crippen LogP contribution in [0, 0.1) is 11.6 Å². The number of carbonyl (C=O) groups is 2. The molecule has 0 unspecified atom stereocenters. The van der Waals surface area contributed by atoms with Gasteiger partial charge in [0.25, 0.3) is 0 Å². The molecule has 4 rings (SSSR count). The van der Waals surface area contributed by atoms with E-state index in [1.165, 1.54) is 30.3 Å². The first-order valence-electron chi connectivity index (χ1n) is 11.0. The number of aromatic nitrogens is 1. The van der Waals surface area contributed by atoms with Crippen molar-refractivity contribution in [2.24, 2.45) is 0 Å². The Kier molecular flexibility index (Phi) is 7.44. The molecule has 7 nitrogen and oxygen atoms in total. The summed E-state index contributed by atoms with van der Waals surface area (Å²) in [6, 6.07) is 15.6. The van der Waals surface area contributed by atoms with E-state index in [9.17, 15) is 18.4 Å². The van der Waals surface area contributed by atoms with Crippen molar-refractivity contribution in [1.82, 2.24) is 15.2 Å². The number of benzene rings is 2. The molecule has 0 radical (unpaired) electrons. The van der Waals surface area contributed by atoms with Gasteiger partial charge in [-0.15, -0.1) is 0 Å². The first-order chi connectivity index (χ1) is 16.5. The normalized spacial score (nSPS) is 14.9. The largest absolute Gasteiger partial charge is 0.369 e. The van der Waals surface area contributed by atoms with Crippen molar-refractivity contribution in [1.29, 1.82) is 0 Å². The number of nitrogens with zero attached hydrogens (tertiary/aromatic N) is 3. The molecule has 0 spiro atoms. The van der Waals surface area contributed by atoms with Crippen LogP contribution < -0.4 is 15.5 Å². The first kappa shape index (κ1) is 23.3. The number of pyridine rings is 1. The van der Waals surface area contributed by atoms with Gasteiger partial charge in [-0.25, -0.2) is 8.78 Å². The van der Waals surface area contributed by atoms with Crippen LogP contribution in [0.4, 0.5) is 20.2 Å². The maximum absolute atomic E-state index is 13.8. The molecule has 176 valence electrons. The zero-order valence-electron chi connectivity index (χ0n) is 18.5. The Balaban J connectivity index is 1.39. The third kappa shape index (κ3) is 5.74. The lowest BCUT2D eigenvalue weighted by Crippen LogP contribution is -2.50. The van der Waals surface area contributed by atoms with Crippen molar-refractivity contribution >= 4 is 23.2 Å². The minimum absolute atomic E-state index is 0.0524. The van der Waals surface area contributed by atoms with E-state index in [-0.39, 0.29) is 24.1 Å². The Bertz CT molecular complexity index is 1120. The Morgan fingerprint density at radius 1 is 0.912 bits per heavy atom. The van der Waals surface area contributed by atoms with Crippen LogP contribution in [0.3, 0.4) is 0 Å². The molecule has 3 aromatic rings. The first-order valence-corrected chi connectivity index (χ1v) is 11.0. The highest BCUT2D eigenvalue weighted by molar-refractivity contribution is 6.39. The maximum Gasteiger partial charge on any atom is 0.313 e. The minimum Gasteiger partial charge on any atom is -0.369 e. The number of piperazine rings is 1. The van der Waals surface area contributed by atoms with Crippen LogP contribution in [0.2, 0.25) is 0 Å². The van der Waals surface area contributed by atoms with Crippen molar-refractivity contribution in [2.45, 2.75) is 6.04 Å². The zero-order chi connectivity index (χ0) is 23.9. The van der Waals surface area contributed by atoms with Gasteiger partial charge in [0, 0.05) is 50.8 Å². The summed E-state index contributed by atoms with van der Waals surface area (Å²) in [4.78, 5) is 33.3. The number of hydrogen-bond acceptors (Lipinski definition) is 5. The summed E-state index contributed by atoms with van der Waals surface area (Å²) < 4.78 is 27.0. The molecule has 1 fully saturated rings. The SMILES string of the molecule is O=C(NC[C@@H](c1cccnc1)N1CCN(c2ccc(F)cc2)CC1)C(=O)Nc1ccccc1F. The Hall–Kier alpha value is -3.85. The van der Waals surface area contributed by atoms with Gasteiger partial charge in [-0.05, 0) is 48.0 Å². The maximum atomic E-state index is 13.8. The quantitative estimate of drug-likeness (QED) is 0.548. The second kappa shape index (κ2) is 10.8. The zero-order valence-corrected chi connectivity index (χ0v) is 18.5. The predicted molar refractivity (Wildman–Crippen MR) is 125 cm³/mol. The van der Waals surface area contributed by atoms with Crippen molar-refractivity contribution in [3.8, 4) is 0 Å². The van der Waals surface area contributed by atoms with Gasteiger partial charge in [-0.3, -0.25) is 19.5 Å². The summed E-state index contributed by atoms with van der Waals surface area (Å²) in [5, 5.41) is 4.96. The molecule has 1 aliphatic heterocycles. The van der Waals surface area contributed by atoms with E-state index in [1.807, 2.05) is 12.1 Å². The minimum atomic E-state index is -0.934. The van der Waals surface area contributed by atoms with Crippen LogP contribution in [-0.2, 0) is 9.59 Å². The van der Waals surface area contributed by atoms with E-state index in [0.717, 1.165) is 24.3 Å². The number of rotatable bonds is 6. The highest BCUT2D eigenvalue weighted by Gasteiger charge is 2.27. The van der Waals surface area contributed by atoms with E-state index >= 15 is 0 Å².